The molecule has 9 heteroatoms. The highest BCUT2D eigenvalue weighted by atomic mass is 32.2. The second kappa shape index (κ2) is 10.3. The van der Waals surface area contributed by atoms with Crippen LogP contribution in [0.1, 0.15) is 35.4 Å². The smallest absolute Gasteiger partial charge is 0.323 e. The van der Waals surface area contributed by atoms with Crippen molar-refractivity contribution in [2.45, 2.75) is 37.8 Å². The Bertz CT molecular complexity index is 1310. The summed E-state index contributed by atoms with van der Waals surface area (Å²) in [6.45, 7) is 4.48. The Kier molecular flexibility index (Phi) is 7.42. The Morgan fingerprint density at radius 1 is 1.06 bits per heavy atom. The zero-order valence-electron chi connectivity index (χ0n) is 19.8. The number of benzene rings is 2. The normalized spacial score (nSPS) is 15.7. The van der Waals surface area contributed by atoms with Crippen molar-refractivity contribution < 1.29 is 28.2 Å². The van der Waals surface area contributed by atoms with Gasteiger partial charge in [-0.1, -0.05) is 48.5 Å². The number of aliphatic hydroxyl groups excluding tert-OH is 1. The first-order valence-electron chi connectivity index (χ1n) is 11.5. The molecule has 8 nitrogen and oxygen atoms in total. The summed E-state index contributed by atoms with van der Waals surface area (Å²) in [7, 11) is -3.74. The van der Waals surface area contributed by atoms with Gasteiger partial charge in [0, 0.05) is 30.8 Å². The van der Waals surface area contributed by atoms with Gasteiger partial charge >= 0.3 is 5.97 Å². The molecule has 0 amide bonds. The van der Waals surface area contributed by atoms with Crippen molar-refractivity contribution in [1.82, 2.24) is 8.87 Å². The third kappa shape index (κ3) is 5.04. The van der Waals surface area contributed by atoms with Crippen LogP contribution in [0.2, 0.25) is 0 Å². The SMILES string of the molecule is Cc1c(Cc2ccccc2S(=O)(=O)N2CCOCC2)c(C(C)O)c(-c2ccccc2)n1CC(=O)O. The molecule has 4 rings (SSSR count). The lowest BCUT2D eigenvalue weighted by Crippen LogP contribution is -2.40. The average molecular weight is 499 g/mol. The van der Waals surface area contributed by atoms with E-state index in [1.807, 2.05) is 37.3 Å². The maximum atomic E-state index is 13.5. The molecule has 1 saturated heterocycles. The van der Waals surface area contributed by atoms with E-state index in [0.717, 1.165) is 11.1 Å². The van der Waals surface area contributed by atoms with Gasteiger partial charge in [0.2, 0.25) is 10.0 Å². The van der Waals surface area contributed by atoms with E-state index in [1.165, 1.54) is 4.31 Å². The van der Waals surface area contributed by atoms with Crippen molar-refractivity contribution in [3.63, 3.8) is 0 Å². The Morgan fingerprint density at radius 2 is 1.69 bits per heavy atom. The van der Waals surface area contributed by atoms with Crippen LogP contribution < -0.4 is 0 Å². The fourth-order valence-corrected chi connectivity index (χ4v) is 6.38. The van der Waals surface area contributed by atoms with Crippen LogP contribution in [0.25, 0.3) is 11.3 Å². The first-order valence-corrected chi connectivity index (χ1v) is 13.0. The van der Waals surface area contributed by atoms with E-state index in [9.17, 15) is 23.4 Å². The summed E-state index contributed by atoms with van der Waals surface area (Å²) in [6.07, 6.45) is -0.657. The summed E-state index contributed by atoms with van der Waals surface area (Å²) < 4.78 is 35.4. The number of aromatic nitrogens is 1. The molecule has 0 spiro atoms. The van der Waals surface area contributed by atoms with E-state index in [0.29, 0.717) is 48.8 Å². The highest BCUT2D eigenvalue weighted by Crippen LogP contribution is 2.38. The van der Waals surface area contributed by atoms with Gasteiger partial charge in [-0.05, 0) is 36.6 Å². The molecule has 0 radical (unpaired) electrons. The minimum absolute atomic E-state index is 0.213. The highest BCUT2D eigenvalue weighted by Gasteiger charge is 2.30. The zero-order chi connectivity index (χ0) is 25.2. The minimum atomic E-state index is -3.74. The first-order chi connectivity index (χ1) is 16.7. The maximum Gasteiger partial charge on any atom is 0.323 e. The van der Waals surface area contributed by atoms with Gasteiger partial charge in [0.15, 0.2) is 0 Å². The number of rotatable bonds is 8. The molecule has 3 aromatic rings. The Balaban J connectivity index is 1.87. The van der Waals surface area contributed by atoms with Gasteiger partial charge in [-0.2, -0.15) is 4.31 Å². The monoisotopic (exact) mass is 498 g/mol. The lowest BCUT2D eigenvalue weighted by Gasteiger charge is -2.27. The molecule has 0 bridgehead atoms. The third-order valence-corrected chi connectivity index (χ3v) is 8.38. The molecule has 0 aliphatic carbocycles. The number of hydrogen-bond acceptors (Lipinski definition) is 5. The van der Waals surface area contributed by atoms with Gasteiger partial charge < -0.3 is 19.5 Å². The number of aliphatic hydroxyl groups is 1. The van der Waals surface area contributed by atoms with E-state index in [4.69, 9.17) is 4.74 Å². The predicted molar refractivity (Wildman–Crippen MR) is 132 cm³/mol. The van der Waals surface area contributed by atoms with Crippen molar-refractivity contribution in [1.29, 1.82) is 0 Å². The van der Waals surface area contributed by atoms with E-state index in [1.54, 1.807) is 35.8 Å². The summed E-state index contributed by atoms with van der Waals surface area (Å²) in [5, 5.41) is 20.4. The van der Waals surface area contributed by atoms with E-state index < -0.39 is 22.1 Å². The van der Waals surface area contributed by atoms with Crippen molar-refractivity contribution in [2.24, 2.45) is 0 Å². The predicted octanol–water partition coefficient (Wildman–Crippen LogP) is 3.21. The fourth-order valence-electron chi connectivity index (χ4n) is 4.75. The van der Waals surface area contributed by atoms with Crippen LogP contribution in [0.4, 0.5) is 0 Å². The number of carboxylic acids is 1. The van der Waals surface area contributed by atoms with Crippen molar-refractivity contribution >= 4 is 16.0 Å². The first kappa shape index (κ1) is 25.1. The molecular formula is C26H30N2O6S. The number of aliphatic carboxylic acids is 1. The molecule has 35 heavy (non-hydrogen) atoms. The van der Waals surface area contributed by atoms with Crippen LogP contribution in [-0.2, 0) is 32.5 Å². The van der Waals surface area contributed by atoms with Crippen molar-refractivity contribution in [3.8, 4) is 11.3 Å². The Hall–Kier alpha value is -2.98. The number of nitrogens with zero attached hydrogens (tertiary/aromatic N) is 2. The quantitative estimate of drug-likeness (QED) is 0.494. The fraction of sp³-hybridized carbons (Fsp3) is 0.346. The molecule has 186 valence electrons. The number of carboxylic acid groups (broad SMARTS) is 1. The van der Waals surface area contributed by atoms with Crippen LogP contribution in [0.5, 0.6) is 0 Å². The molecule has 2 heterocycles. The van der Waals surface area contributed by atoms with Gasteiger partial charge in [-0.3, -0.25) is 4.79 Å². The average Bonchev–Trinajstić information content (AvgIpc) is 3.11. The van der Waals surface area contributed by atoms with Gasteiger partial charge in [0.05, 0.1) is 29.9 Å². The lowest BCUT2D eigenvalue weighted by atomic mass is 9.95. The summed E-state index contributed by atoms with van der Waals surface area (Å²) >= 11 is 0. The highest BCUT2D eigenvalue weighted by molar-refractivity contribution is 7.89. The topological polar surface area (TPSA) is 109 Å². The molecule has 1 fully saturated rings. The van der Waals surface area contributed by atoms with Crippen molar-refractivity contribution in [2.75, 3.05) is 26.3 Å². The Labute approximate surface area is 205 Å². The van der Waals surface area contributed by atoms with Gasteiger partial charge in [-0.25, -0.2) is 8.42 Å². The molecule has 1 aromatic heterocycles. The molecule has 1 aliphatic rings. The van der Waals surface area contributed by atoms with Gasteiger partial charge in [-0.15, -0.1) is 0 Å². The summed E-state index contributed by atoms with van der Waals surface area (Å²) in [6, 6.07) is 16.2. The van der Waals surface area contributed by atoms with E-state index >= 15 is 0 Å². The lowest BCUT2D eigenvalue weighted by molar-refractivity contribution is -0.137. The van der Waals surface area contributed by atoms with Crippen molar-refractivity contribution in [3.05, 3.63) is 77.0 Å². The maximum absolute atomic E-state index is 13.5. The van der Waals surface area contributed by atoms with Gasteiger partial charge in [0.1, 0.15) is 6.54 Å². The largest absolute Gasteiger partial charge is 0.480 e. The second-order valence-corrected chi connectivity index (χ2v) is 10.6. The number of morpholine rings is 1. The second-order valence-electron chi connectivity index (χ2n) is 8.65. The minimum Gasteiger partial charge on any atom is -0.480 e. The summed E-state index contributed by atoms with van der Waals surface area (Å²) in [5.41, 5.74) is 4.02. The van der Waals surface area contributed by atoms with Crippen LogP contribution in [-0.4, -0.2) is 59.8 Å². The molecule has 1 unspecified atom stereocenters. The van der Waals surface area contributed by atoms with Gasteiger partial charge in [0.25, 0.3) is 0 Å². The van der Waals surface area contributed by atoms with E-state index in [-0.39, 0.29) is 17.9 Å². The molecule has 2 aromatic carbocycles. The zero-order valence-corrected chi connectivity index (χ0v) is 20.7. The van der Waals surface area contributed by atoms with Crippen LogP contribution in [0, 0.1) is 6.92 Å². The third-order valence-electron chi connectivity index (χ3n) is 6.38. The van der Waals surface area contributed by atoms with E-state index in [2.05, 4.69) is 0 Å². The molecule has 1 atom stereocenters. The number of hydrogen-bond donors (Lipinski definition) is 2. The van der Waals surface area contributed by atoms with Crippen LogP contribution >= 0.6 is 0 Å². The molecule has 0 saturated carbocycles. The number of carbonyl (C=O) groups is 1. The summed E-state index contributed by atoms with van der Waals surface area (Å²) in [5.74, 6) is -1.00. The van der Waals surface area contributed by atoms with Crippen LogP contribution in [0.3, 0.4) is 0 Å². The molecule has 1 aliphatic heterocycles. The summed E-state index contributed by atoms with van der Waals surface area (Å²) in [4.78, 5) is 11.9. The number of ether oxygens (including phenoxy) is 1. The number of sulfonamides is 1. The molecular weight excluding hydrogens is 468 g/mol. The molecule has 2 N–H and O–H groups in total. The Morgan fingerprint density at radius 3 is 2.31 bits per heavy atom. The standard InChI is InChI=1S/C26H30N2O6S/c1-18-22(16-21-10-6-7-11-23(21)35(32,33)27-12-14-34-15-13-27)25(19(2)29)26(28(18)17-24(30)31)20-8-4-3-5-9-20/h3-11,19,29H,12-17H2,1-2H3,(H,30,31). The van der Waals surface area contributed by atoms with Crippen LogP contribution in [0.15, 0.2) is 59.5 Å².